The fourth-order valence-electron chi connectivity index (χ4n) is 1.94. The molecule has 0 amide bonds. The standard InChI is InChI=1S/C14H24N2/c1-3-4-5-11(2)6-7-12-10-13(15)8-9-14(12)16/h8-11H,3-7,15-16H2,1-2H3/t11-/m1/s1. The highest BCUT2D eigenvalue weighted by atomic mass is 14.6. The first-order valence-electron chi connectivity index (χ1n) is 6.27. The molecule has 16 heavy (non-hydrogen) atoms. The van der Waals surface area contributed by atoms with E-state index in [9.17, 15) is 0 Å². The molecule has 0 saturated heterocycles. The van der Waals surface area contributed by atoms with Crippen molar-refractivity contribution in [1.82, 2.24) is 0 Å². The van der Waals surface area contributed by atoms with Gasteiger partial charge in [-0.25, -0.2) is 0 Å². The molecule has 0 unspecified atom stereocenters. The second-order valence-corrected chi connectivity index (χ2v) is 4.74. The molecule has 1 aromatic rings. The van der Waals surface area contributed by atoms with Crippen molar-refractivity contribution >= 4 is 11.4 Å². The van der Waals surface area contributed by atoms with Crippen LogP contribution >= 0.6 is 0 Å². The predicted molar refractivity (Wildman–Crippen MR) is 72.3 cm³/mol. The van der Waals surface area contributed by atoms with Crippen LogP contribution in [-0.2, 0) is 6.42 Å². The highest BCUT2D eigenvalue weighted by molar-refractivity contribution is 5.55. The Kier molecular flexibility index (Phi) is 5.17. The summed E-state index contributed by atoms with van der Waals surface area (Å²) in [6, 6.07) is 5.77. The van der Waals surface area contributed by atoms with Crippen molar-refractivity contribution in [3.8, 4) is 0 Å². The number of aryl methyl sites for hydroxylation is 1. The van der Waals surface area contributed by atoms with Gasteiger partial charge in [-0.2, -0.15) is 0 Å². The third-order valence-corrected chi connectivity index (χ3v) is 3.12. The van der Waals surface area contributed by atoms with E-state index in [0.29, 0.717) is 0 Å². The molecule has 1 rings (SSSR count). The summed E-state index contributed by atoms with van der Waals surface area (Å²) >= 11 is 0. The Morgan fingerprint density at radius 2 is 1.94 bits per heavy atom. The summed E-state index contributed by atoms with van der Waals surface area (Å²) in [5, 5.41) is 0. The summed E-state index contributed by atoms with van der Waals surface area (Å²) in [7, 11) is 0. The highest BCUT2D eigenvalue weighted by Crippen LogP contribution is 2.21. The summed E-state index contributed by atoms with van der Waals surface area (Å²) in [4.78, 5) is 0. The van der Waals surface area contributed by atoms with Crippen molar-refractivity contribution in [3.63, 3.8) is 0 Å². The number of anilines is 2. The lowest BCUT2D eigenvalue weighted by Crippen LogP contribution is -2.01. The van der Waals surface area contributed by atoms with Gasteiger partial charge in [0.1, 0.15) is 0 Å². The zero-order valence-electron chi connectivity index (χ0n) is 10.5. The molecule has 0 radical (unpaired) electrons. The molecule has 0 saturated carbocycles. The Balaban J connectivity index is 2.44. The molecule has 2 heteroatoms. The van der Waals surface area contributed by atoms with Crippen LogP contribution in [0.1, 0.15) is 45.1 Å². The van der Waals surface area contributed by atoms with E-state index < -0.39 is 0 Å². The van der Waals surface area contributed by atoms with E-state index in [4.69, 9.17) is 11.5 Å². The second-order valence-electron chi connectivity index (χ2n) is 4.74. The Labute approximate surface area is 99.0 Å². The zero-order valence-corrected chi connectivity index (χ0v) is 10.5. The lowest BCUT2D eigenvalue weighted by Gasteiger charge is -2.12. The molecule has 0 aromatic heterocycles. The molecule has 0 heterocycles. The smallest absolute Gasteiger partial charge is 0.0348 e. The van der Waals surface area contributed by atoms with E-state index in [0.717, 1.165) is 23.7 Å². The van der Waals surface area contributed by atoms with E-state index in [-0.39, 0.29) is 0 Å². The molecule has 0 spiro atoms. The van der Waals surface area contributed by atoms with Crippen LogP contribution in [0.2, 0.25) is 0 Å². The Bertz CT molecular complexity index is 321. The third kappa shape index (κ3) is 4.13. The summed E-state index contributed by atoms with van der Waals surface area (Å²) in [5.74, 6) is 0.779. The molecule has 0 aliphatic carbocycles. The number of hydrogen-bond donors (Lipinski definition) is 2. The minimum atomic E-state index is 0.779. The van der Waals surface area contributed by atoms with E-state index in [1.807, 2.05) is 18.2 Å². The maximum absolute atomic E-state index is 5.92. The topological polar surface area (TPSA) is 52.0 Å². The van der Waals surface area contributed by atoms with Gasteiger partial charge in [-0.15, -0.1) is 0 Å². The SMILES string of the molecule is CCCC[C@@H](C)CCc1cc(N)ccc1N. The Morgan fingerprint density at radius 3 is 2.62 bits per heavy atom. The summed E-state index contributed by atoms with van der Waals surface area (Å²) < 4.78 is 0. The van der Waals surface area contributed by atoms with Crippen LogP contribution in [0.5, 0.6) is 0 Å². The third-order valence-electron chi connectivity index (χ3n) is 3.12. The lowest BCUT2D eigenvalue weighted by atomic mass is 9.95. The normalized spacial score (nSPS) is 12.6. The second kappa shape index (κ2) is 6.41. The van der Waals surface area contributed by atoms with Crippen molar-refractivity contribution < 1.29 is 0 Å². The van der Waals surface area contributed by atoms with E-state index in [1.165, 1.54) is 31.2 Å². The van der Waals surface area contributed by atoms with Crippen LogP contribution < -0.4 is 11.5 Å². The van der Waals surface area contributed by atoms with Crippen LogP contribution in [0.3, 0.4) is 0 Å². The first-order valence-corrected chi connectivity index (χ1v) is 6.27. The van der Waals surface area contributed by atoms with Crippen molar-refractivity contribution in [2.45, 2.75) is 46.0 Å². The van der Waals surface area contributed by atoms with Gasteiger partial charge < -0.3 is 11.5 Å². The van der Waals surface area contributed by atoms with E-state index in [1.54, 1.807) is 0 Å². The van der Waals surface area contributed by atoms with Gasteiger partial charge in [0, 0.05) is 11.4 Å². The summed E-state index contributed by atoms with van der Waals surface area (Å²) in [6.45, 7) is 4.56. The lowest BCUT2D eigenvalue weighted by molar-refractivity contribution is 0.472. The van der Waals surface area contributed by atoms with Gasteiger partial charge >= 0.3 is 0 Å². The molecule has 1 atom stereocenters. The number of unbranched alkanes of at least 4 members (excludes halogenated alkanes) is 1. The molecule has 90 valence electrons. The maximum Gasteiger partial charge on any atom is 0.0348 e. The number of rotatable bonds is 6. The van der Waals surface area contributed by atoms with Crippen molar-refractivity contribution in [2.75, 3.05) is 11.5 Å². The zero-order chi connectivity index (χ0) is 12.0. The Hall–Kier alpha value is -1.18. The largest absolute Gasteiger partial charge is 0.399 e. The summed E-state index contributed by atoms with van der Waals surface area (Å²) in [5.41, 5.74) is 14.6. The molecule has 1 aromatic carbocycles. The molecule has 4 N–H and O–H groups in total. The Morgan fingerprint density at radius 1 is 1.19 bits per heavy atom. The number of hydrogen-bond acceptors (Lipinski definition) is 2. The summed E-state index contributed by atoms with van der Waals surface area (Å²) in [6.07, 6.45) is 6.17. The number of nitrogen functional groups attached to an aromatic ring is 2. The van der Waals surface area contributed by atoms with Crippen LogP contribution in [-0.4, -0.2) is 0 Å². The van der Waals surface area contributed by atoms with E-state index in [2.05, 4.69) is 13.8 Å². The van der Waals surface area contributed by atoms with E-state index >= 15 is 0 Å². The molecule has 0 fully saturated rings. The van der Waals surface area contributed by atoms with Gasteiger partial charge in [0.2, 0.25) is 0 Å². The maximum atomic E-state index is 5.92. The van der Waals surface area contributed by atoms with Crippen molar-refractivity contribution in [2.24, 2.45) is 5.92 Å². The molecule has 0 aliphatic rings. The van der Waals surface area contributed by atoms with Crippen LogP contribution in [0.4, 0.5) is 11.4 Å². The van der Waals surface area contributed by atoms with Gasteiger partial charge in [-0.05, 0) is 42.5 Å². The molecular formula is C14H24N2. The monoisotopic (exact) mass is 220 g/mol. The average Bonchev–Trinajstić information content (AvgIpc) is 2.27. The van der Waals surface area contributed by atoms with Crippen LogP contribution in [0.25, 0.3) is 0 Å². The molecule has 2 nitrogen and oxygen atoms in total. The average molecular weight is 220 g/mol. The van der Waals surface area contributed by atoms with Gasteiger partial charge in [0.05, 0.1) is 0 Å². The van der Waals surface area contributed by atoms with Gasteiger partial charge in [-0.3, -0.25) is 0 Å². The minimum absolute atomic E-state index is 0.779. The first kappa shape index (κ1) is 12.9. The predicted octanol–water partition coefficient (Wildman–Crippen LogP) is 3.61. The highest BCUT2D eigenvalue weighted by Gasteiger charge is 2.05. The van der Waals surface area contributed by atoms with Crippen molar-refractivity contribution in [1.29, 1.82) is 0 Å². The first-order chi connectivity index (χ1) is 7.63. The fraction of sp³-hybridized carbons (Fsp3) is 0.571. The molecule has 0 bridgehead atoms. The van der Waals surface area contributed by atoms with Gasteiger partial charge in [0.15, 0.2) is 0 Å². The quantitative estimate of drug-likeness (QED) is 0.719. The molecule has 0 aliphatic heterocycles. The van der Waals surface area contributed by atoms with Gasteiger partial charge in [-0.1, -0.05) is 33.1 Å². The minimum Gasteiger partial charge on any atom is -0.399 e. The van der Waals surface area contributed by atoms with Crippen LogP contribution in [0.15, 0.2) is 18.2 Å². The fourth-order valence-corrected chi connectivity index (χ4v) is 1.94. The number of nitrogens with two attached hydrogens (primary N) is 2. The number of benzene rings is 1. The van der Waals surface area contributed by atoms with Crippen LogP contribution in [0, 0.1) is 5.92 Å². The van der Waals surface area contributed by atoms with Gasteiger partial charge in [0.25, 0.3) is 0 Å². The van der Waals surface area contributed by atoms with Crippen molar-refractivity contribution in [3.05, 3.63) is 23.8 Å². The molecular weight excluding hydrogens is 196 g/mol.